The van der Waals surface area contributed by atoms with Gasteiger partial charge in [0.15, 0.2) is 11.7 Å². The van der Waals surface area contributed by atoms with Gasteiger partial charge in [-0.05, 0) is 6.92 Å². The number of nitrogens with zero attached hydrogens (tertiary/aromatic N) is 4. The molecule has 0 aliphatic carbocycles. The SMILES string of the molecule is Cc1nc(C)c(-c2nc(N)nc(N)n2)o1. The van der Waals surface area contributed by atoms with Crippen molar-refractivity contribution in [3.05, 3.63) is 11.6 Å². The fraction of sp³-hybridized carbons (Fsp3) is 0.250. The molecule has 7 nitrogen and oxygen atoms in total. The lowest BCUT2D eigenvalue weighted by Gasteiger charge is -1.98. The Morgan fingerprint density at radius 2 is 1.53 bits per heavy atom. The molecule has 0 spiro atoms. The molecule has 7 heteroatoms. The third-order valence-electron chi connectivity index (χ3n) is 1.78. The number of hydrogen-bond acceptors (Lipinski definition) is 7. The predicted molar refractivity (Wildman–Crippen MR) is 53.6 cm³/mol. The summed E-state index contributed by atoms with van der Waals surface area (Å²) in [5, 5.41) is 0. The summed E-state index contributed by atoms with van der Waals surface area (Å²) >= 11 is 0. The molecule has 4 N–H and O–H groups in total. The second-order valence-electron chi connectivity index (χ2n) is 3.02. The number of hydrogen-bond donors (Lipinski definition) is 2. The zero-order valence-corrected chi connectivity index (χ0v) is 8.35. The van der Waals surface area contributed by atoms with Crippen LogP contribution in [0.1, 0.15) is 11.6 Å². The fourth-order valence-electron chi connectivity index (χ4n) is 1.25. The molecular weight excluding hydrogens is 196 g/mol. The summed E-state index contributed by atoms with van der Waals surface area (Å²) in [5.41, 5.74) is 11.6. The van der Waals surface area contributed by atoms with Gasteiger partial charge in [-0.25, -0.2) is 4.98 Å². The fourth-order valence-corrected chi connectivity index (χ4v) is 1.25. The van der Waals surface area contributed by atoms with Gasteiger partial charge in [-0.3, -0.25) is 0 Å². The third-order valence-corrected chi connectivity index (χ3v) is 1.78. The zero-order chi connectivity index (χ0) is 11.0. The summed E-state index contributed by atoms with van der Waals surface area (Å²) in [7, 11) is 0. The molecule has 0 aliphatic heterocycles. The molecule has 0 radical (unpaired) electrons. The Hall–Kier alpha value is -2.18. The number of oxazole rings is 1. The molecule has 0 saturated carbocycles. The van der Waals surface area contributed by atoms with E-state index in [-0.39, 0.29) is 11.9 Å². The number of rotatable bonds is 1. The molecular formula is C8H10N6O. The van der Waals surface area contributed by atoms with Crippen molar-refractivity contribution < 1.29 is 4.42 Å². The first kappa shape index (κ1) is 9.38. The van der Waals surface area contributed by atoms with Gasteiger partial charge in [0.05, 0.1) is 5.69 Å². The van der Waals surface area contributed by atoms with Crippen molar-refractivity contribution in [2.45, 2.75) is 13.8 Å². The van der Waals surface area contributed by atoms with Crippen LogP contribution < -0.4 is 11.5 Å². The maximum absolute atomic E-state index is 5.45. The van der Waals surface area contributed by atoms with Crippen LogP contribution in [0.25, 0.3) is 11.6 Å². The topological polar surface area (TPSA) is 117 Å². The summed E-state index contributed by atoms with van der Waals surface area (Å²) in [6.07, 6.45) is 0. The molecule has 0 saturated heterocycles. The molecule has 0 bridgehead atoms. The van der Waals surface area contributed by atoms with Crippen LogP contribution in [0.2, 0.25) is 0 Å². The quantitative estimate of drug-likeness (QED) is 0.689. The second-order valence-corrected chi connectivity index (χ2v) is 3.02. The molecule has 0 fully saturated rings. The lowest BCUT2D eigenvalue weighted by molar-refractivity contribution is 0.530. The van der Waals surface area contributed by atoms with Gasteiger partial charge >= 0.3 is 0 Å². The third kappa shape index (κ3) is 1.71. The highest BCUT2D eigenvalue weighted by atomic mass is 16.4. The van der Waals surface area contributed by atoms with Crippen molar-refractivity contribution in [2.75, 3.05) is 11.5 Å². The Balaban J connectivity index is 2.58. The Kier molecular flexibility index (Phi) is 2.00. The molecule has 2 rings (SSSR count). The van der Waals surface area contributed by atoms with E-state index in [0.29, 0.717) is 23.2 Å². The van der Waals surface area contributed by atoms with Crippen LogP contribution in [-0.4, -0.2) is 19.9 Å². The minimum absolute atomic E-state index is 0.0611. The Labute approximate surface area is 85.6 Å². The number of aryl methyl sites for hydroxylation is 2. The van der Waals surface area contributed by atoms with E-state index in [0.717, 1.165) is 0 Å². The van der Waals surface area contributed by atoms with Gasteiger partial charge in [0.1, 0.15) is 0 Å². The van der Waals surface area contributed by atoms with Gasteiger partial charge in [0.25, 0.3) is 0 Å². The van der Waals surface area contributed by atoms with E-state index in [9.17, 15) is 0 Å². The van der Waals surface area contributed by atoms with Gasteiger partial charge in [0, 0.05) is 6.92 Å². The Morgan fingerprint density at radius 3 is 2.00 bits per heavy atom. The van der Waals surface area contributed by atoms with Gasteiger partial charge in [-0.1, -0.05) is 0 Å². The van der Waals surface area contributed by atoms with Crippen molar-refractivity contribution in [3.63, 3.8) is 0 Å². The Morgan fingerprint density at radius 1 is 0.933 bits per heavy atom. The molecule has 78 valence electrons. The molecule has 0 unspecified atom stereocenters. The van der Waals surface area contributed by atoms with Gasteiger partial charge in [-0.15, -0.1) is 0 Å². The van der Waals surface area contributed by atoms with Crippen LogP contribution in [0.4, 0.5) is 11.9 Å². The first-order valence-corrected chi connectivity index (χ1v) is 4.27. The average Bonchev–Trinajstić information content (AvgIpc) is 2.43. The minimum atomic E-state index is 0.0611. The number of aromatic nitrogens is 4. The van der Waals surface area contributed by atoms with E-state index >= 15 is 0 Å². The van der Waals surface area contributed by atoms with E-state index in [1.165, 1.54) is 0 Å². The van der Waals surface area contributed by atoms with E-state index < -0.39 is 0 Å². The van der Waals surface area contributed by atoms with Gasteiger partial charge in [0.2, 0.25) is 17.7 Å². The summed E-state index contributed by atoms with van der Waals surface area (Å²) in [6, 6.07) is 0. The molecule has 0 atom stereocenters. The van der Waals surface area contributed by atoms with E-state index in [2.05, 4.69) is 19.9 Å². The number of nitrogens with two attached hydrogens (primary N) is 2. The van der Waals surface area contributed by atoms with E-state index in [1.807, 2.05) is 0 Å². The minimum Gasteiger partial charge on any atom is -0.437 e. The second kappa shape index (κ2) is 3.19. The van der Waals surface area contributed by atoms with Crippen LogP contribution in [-0.2, 0) is 0 Å². The highest BCUT2D eigenvalue weighted by Crippen LogP contribution is 2.21. The molecule has 0 aliphatic rings. The van der Waals surface area contributed by atoms with Crippen LogP contribution in [0.5, 0.6) is 0 Å². The van der Waals surface area contributed by atoms with Crippen molar-refractivity contribution >= 4 is 11.9 Å². The highest BCUT2D eigenvalue weighted by molar-refractivity contribution is 5.52. The maximum Gasteiger partial charge on any atom is 0.225 e. The van der Waals surface area contributed by atoms with Crippen molar-refractivity contribution in [1.29, 1.82) is 0 Å². The van der Waals surface area contributed by atoms with E-state index in [4.69, 9.17) is 15.9 Å². The summed E-state index contributed by atoms with van der Waals surface area (Å²) in [4.78, 5) is 15.6. The standard InChI is InChI=1S/C8H10N6O/c1-3-5(15-4(2)11-3)6-12-7(9)14-8(10)13-6/h1-2H3,(H4,9,10,12,13,14). The first-order valence-electron chi connectivity index (χ1n) is 4.27. The van der Waals surface area contributed by atoms with Crippen molar-refractivity contribution in [3.8, 4) is 11.6 Å². The lowest BCUT2D eigenvalue weighted by atomic mass is 10.3. The van der Waals surface area contributed by atoms with Gasteiger partial charge < -0.3 is 15.9 Å². The van der Waals surface area contributed by atoms with Crippen LogP contribution >= 0.6 is 0 Å². The first-order chi connectivity index (χ1) is 7.06. The lowest BCUT2D eigenvalue weighted by Crippen LogP contribution is -2.04. The maximum atomic E-state index is 5.45. The summed E-state index contributed by atoms with van der Waals surface area (Å²) in [6.45, 7) is 3.53. The molecule has 2 aromatic heterocycles. The van der Waals surface area contributed by atoms with E-state index in [1.54, 1.807) is 13.8 Å². The van der Waals surface area contributed by atoms with Gasteiger partial charge in [-0.2, -0.15) is 15.0 Å². The molecule has 15 heavy (non-hydrogen) atoms. The molecule has 0 amide bonds. The predicted octanol–water partition coefficient (Wildman–Crippen LogP) is 0.308. The summed E-state index contributed by atoms with van der Waals surface area (Å²) in [5.74, 6) is 1.43. The van der Waals surface area contributed by atoms with Crippen molar-refractivity contribution in [2.24, 2.45) is 0 Å². The van der Waals surface area contributed by atoms with Crippen LogP contribution in [0, 0.1) is 13.8 Å². The number of anilines is 2. The molecule has 2 aromatic rings. The largest absolute Gasteiger partial charge is 0.437 e. The summed E-state index contributed by atoms with van der Waals surface area (Å²) < 4.78 is 5.34. The number of nitrogen functional groups attached to an aromatic ring is 2. The zero-order valence-electron chi connectivity index (χ0n) is 8.35. The smallest absolute Gasteiger partial charge is 0.225 e. The monoisotopic (exact) mass is 206 g/mol. The van der Waals surface area contributed by atoms with Crippen LogP contribution in [0.15, 0.2) is 4.42 Å². The van der Waals surface area contributed by atoms with Crippen molar-refractivity contribution in [1.82, 2.24) is 19.9 Å². The Bertz CT molecular complexity index is 486. The van der Waals surface area contributed by atoms with Crippen LogP contribution in [0.3, 0.4) is 0 Å². The highest BCUT2D eigenvalue weighted by Gasteiger charge is 2.13. The average molecular weight is 206 g/mol. The normalized spacial score (nSPS) is 10.5. The molecule has 2 heterocycles. The molecule has 0 aromatic carbocycles.